The summed E-state index contributed by atoms with van der Waals surface area (Å²) in [5, 5.41) is 0. The van der Waals surface area contributed by atoms with Gasteiger partial charge >= 0.3 is 11.9 Å². The standard InChI is InChI=1S/C20H30O5/c1-6-15(21)23-8-16(22)25-20-12-17(4)9-18(5,13-20)11-19(10-17,14(20)3)24-7-2/h6,14H,1,7-13H2,2-5H3. The molecule has 0 amide bonds. The van der Waals surface area contributed by atoms with E-state index >= 15 is 0 Å². The van der Waals surface area contributed by atoms with E-state index in [0.717, 1.165) is 38.2 Å². The van der Waals surface area contributed by atoms with Crippen LogP contribution in [-0.2, 0) is 23.8 Å². The van der Waals surface area contributed by atoms with E-state index < -0.39 is 17.5 Å². The lowest BCUT2D eigenvalue weighted by atomic mass is 9.39. The number of carbonyl (C=O) groups excluding carboxylic acids is 2. The molecule has 0 aliphatic heterocycles. The molecule has 0 aromatic carbocycles. The van der Waals surface area contributed by atoms with Crippen molar-refractivity contribution < 1.29 is 23.8 Å². The van der Waals surface area contributed by atoms with Crippen molar-refractivity contribution in [2.75, 3.05) is 13.2 Å². The molecule has 4 fully saturated rings. The second-order valence-corrected chi connectivity index (χ2v) is 9.08. The van der Waals surface area contributed by atoms with Gasteiger partial charge in [0.15, 0.2) is 6.61 Å². The largest absolute Gasteiger partial charge is 0.456 e. The van der Waals surface area contributed by atoms with E-state index in [4.69, 9.17) is 14.2 Å². The monoisotopic (exact) mass is 350 g/mol. The van der Waals surface area contributed by atoms with Crippen LogP contribution in [0.2, 0.25) is 0 Å². The predicted octanol–water partition coefficient (Wildman–Crippen LogP) is 3.41. The molecule has 0 saturated heterocycles. The van der Waals surface area contributed by atoms with Gasteiger partial charge in [-0.25, -0.2) is 9.59 Å². The van der Waals surface area contributed by atoms with Crippen LogP contribution in [0.4, 0.5) is 0 Å². The Kier molecular flexibility index (Phi) is 4.30. The number of carbonyl (C=O) groups is 2. The van der Waals surface area contributed by atoms with Crippen LogP contribution >= 0.6 is 0 Å². The summed E-state index contributed by atoms with van der Waals surface area (Å²) in [6.45, 7) is 12.4. The molecule has 4 aliphatic carbocycles. The molecular weight excluding hydrogens is 320 g/mol. The summed E-state index contributed by atoms with van der Waals surface area (Å²) in [6.07, 6.45) is 5.95. The third-order valence-electron chi connectivity index (χ3n) is 6.58. The van der Waals surface area contributed by atoms with E-state index in [1.54, 1.807) is 0 Å². The molecule has 4 saturated carbocycles. The van der Waals surface area contributed by atoms with Crippen LogP contribution in [0.1, 0.15) is 59.8 Å². The van der Waals surface area contributed by atoms with Crippen molar-refractivity contribution in [2.45, 2.75) is 71.0 Å². The van der Waals surface area contributed by atoms with Gasteiger partial charge in [0.25, 0.3) is 0 Å². The summed E-state index contributed by atoms with van der Waals surface area (Å²) in [5.41, 5.74) is -0.536. The third kappa shape index (κ3) is 3.01. The second-order valence-electron chi connectivity index (χ2n) is 9.08. The summed E-state index contributed by atoms with van der Waals surface area (Å²) in [5.74, 6) is -0.969. The zero-order valence-electron chi connectivity index (χ0n) is 15.9. The van der Waals surface area contributed by atoms with E-state index in [1.807, 2.05) is 6.92 Å². The molecule has 4 bridgehead atoms. The Morgan fingerprint density at radius 2 is 1.64 bits per heavy atom. The van der Waals surface area contributed by atoms with Crippen LogP contribution in [0.5, 0.6) is 0 Å². The average molecular weight is 350 g/mol. The Morgan fingerprint density at radius 1 is 1.08 bits per heavy atom. The summed E-state index contributed by atoms with van der Waals surface area (Å²) >= 11 is 0. The minimum atomic E-state index is -0.611. The molecule has 0 N–H and O–H groups in total. The summed E-state index contributed by atoms with van der Waals surface area (Å²) in [7, 11) is 0. The fourth-order valence-corrected chi connectivity index (χ4v) is 6.63. The number of hydrogen-bond donors (Lipinski definition) is 0. The van der Waals surface area contributed by atoms with Crippen molar-refractivity contribution in [1.29, 1.82) is 0 Å². The summed E-state index contributed by atoms with van der Waals surface area (Å²) in [6, 6.07) is 0. The number of hydrogen-bond acceptors (Lipinski definition) is 5. The second kappa shape index (κ2) is 5.83. The molecule has 0 aromatic rings. The van der Waals surface area contributed by atoms with Crippen molar-refractivity contribution in [3.63, 3.8) is 0 Å². The van der Waals surface area contributed by atoms with Gasteiger partial charge in [-0.05, 0) is 49.9 Å². The highest BCUT2D eigenvalue weighted by atomic mass is 16.6. The molecule has 3 atom stereocenters. The van der Waals surface area contributed by atoms with Crippen molar-refractivity contribution in [1.82, 2.24) is 0 Å². The van der Waals surface area contributed by atoms with Crippen molar-refractivity contribution in [3.05, 3.63) is 12.7 Å². The molecular formula is C20H30O5. The zero-order chi connectivity index (χ0) is 18.5. The third-order valence-corrected chi connectivity index (χ3v) is 6.58. The predicted molar refractivity (Wildman–Crippen MR) is 92.8 cm³/mol. The van der Waals surface area contributed by atoms with E-state index in [1.165, 1.54) is 0 Å². The van der Waals surface area contributed by atoms with Crippen molar-refractivity contribution in [2.24, 2.45) is 16.7 Å². The highest BCUT2D eigenvalue weighted by molar-refractivity contribution is 5.83. The highest BCUT2D eigenvalue weighted by Gasteiger charge is 2.71. The van der Waals surface area contributed by atoms with E-state index in [2.05, 4.69) is 27.4 Å². The Morgan fingerprint density at radius 3 is 2.16 bits per heavy atom. The van der Waals surface area contributed by atoms with E-state index in [-0.39, 0.29) is 29.0 Å². The van der Waals surface area contributed by atoms with Gasteiger partial charge in [-0.15, -0.1) is 0 Å². The van der Waals surface area contributed by atoms with Gasteiger partial charge in [0.1, 0.15) is 5.60 Å². The van der Waals surface area contributed by atoms with Crippen LogP contribution in [0.15, 0.2) is 12.7 Å². The average Bonchev–Trinajstić information content (AvgIpc) is 2.48. The first-order chi connectivity index (χ1) is 11.6. The van der Waals surface area contributed by atoms with Gasteiger partial charge in [0.05, 0.1) is 5.60 Å². The smallest absolute Gasteiger partial charge is 0.344 e. The zero-order valence-corrected chi connectivity index (χ0v) is 15.9. The fraction of sp³-hybridized carbons (Fsp3) is 0.800. The molecule has 25 heavy (non-hydrogen) atoms. The number of esters is 2. The Bertz CT molecular complexity index is 577. The van der Waals surface area contributed by atoms with E-state index in [9.17, 15) is 9.59 Å². The quantitative estimate of drug-likeness (QED) is 0.543. The molecule has 4 rings (SSSR count). The lowest BCUT2D eigenvalue weighted by Gasteiger charge is -2.71. The first-order valence-electron chi connectivity index (χ1n) is 9.25. The van der Waals surface area contributed by atoms with Crippen LogP contribution in [0, 0.1) is 16.7 Å². The Labute approximate surface area is 150 Å². The van der Waals surface area contributed by atoms with Gasteiger partial charge in [-0.2, -0.15) is 0 Å². The van der Waals surface area contributed by atoms with E-state index in [0.29, 0.717) is 6.61 Å². The summed E-state index contributed by atoms with van der Waals surface area (Å²) < 4.78 is 17.2. The molecule has 4 aliphatic rings. The van der Waals surface area contributed by atoms with Gasteiger partial charge in [-0.1, -0.05) is 27.4 Å². The topological polar surface area (TPSA) is 61.8 Å². The van der Waals surface area contributed by atoms with Gasteiger partial charge in [0, 0.05) is 18.6 Å². The molecule has 0 heterocycles. The minimum Gasteiger partial charge on any atom is -0.456 e. The summed E-state index contributed by atoms with van der Waals surface area (Å²) in [4.78, 5) is 23.6. The molecule has 0 radical (unpaired) electrons. The lowest BCUT2D eigenvalue weighted by Crippen LogP contribution is -2.72. The molecule has 0 spiro atoms. The first-order valence-corrected chi connectivity index (χ1v) is 9.25. The SMILES string of the molecule is C=CC(=O)OCC(=O)OC12CC3(C)CC(C)(CC(OCC)(C3)C1C)C2. The fourth-order valence-electron chi connectivity index (χ4n) is 6.63. The van der Waals surface area contributed by atoms with Crippen LogP contribution < -0.4 is 0 Å². The number of rotatable bonds is 6. The van der Waals surface area contributed by atoms with Crippen LogP contribution in [0.3, 0.4) is 0 Å². The molecule has 0 aromatic heterocycles. The molecule has 5 heteroatoms. The number of ether oxygens (including phenoxy) is 3. The molecule has 5 nitrogen and oxygen atoms in total. The Balaban J connectivity index is 1.85. The normalized spacial score (nSPS) is 44.4. The van der Waals surface area contributed by atoms with Gasteiger partial charge in [0.2, 0.25) is 0 Å². The molecule has 140 valence electrons. The Hall–Kier alpha value is -1.36. The maximum Gasteiger partial charge on any atom is 0.344 e. The van der Waals surface area contributed by atoms with Crippen LogP contribution in [0.25, 0.3) is 0 Å². The van der Waals surface area contributed by atoms with Crippen LogP contribution in [-0.4, -0.2) is 36.4 Å². The molecule has 3 unspecified atom stereocenters. The first kappa shape index (κ1) is 18.4. The lowest BCUT2D eigenvalue weighted by molar-refractivity contribution is -0.303. The van der Waals surface area contributed by atoms with Gasteiger partial charge in [-0.3, -0.25) is 0 Å². The van der Waals surface area contributed by atoms with Gasteiger partial charge < -0.3 is 14.2 Å². The maximum absolute atomic E-state index is 12.4. The minimum absolute atomic E-state index is 0.116. The highest BCUT2D eigenvalue weighted by Crippen LogP contribution is 2.71. The maximum atomic E-state index is 12.4. The van der Waals surface area contributed by atoms with Crippen molar-refractivity contribution >= 4 is 11.9 Å². The van der Waals surface area contributed by atoms with Crippen molar-refractivity contribution in [3.8, 4) is 0 Å².